The maximum Gasteiger partial charge on any atom is 0.323 e. The first-order valence-electron chi connectivity index (χ1n) is 8.24. The van der Waals surface area contributed by atoms with E-state index in [2.05, 4.69) is 5.32 Å². The summed E-state index contributed by atoms with van der Waals surface area (Å²) in [6, 6.07) is 8.02. The molecule has 0 bridgehead atoms. The van der Waals surface area contributed by atoms with E-state index in [4.69, 9.17) is 9.52 Å². The molecule has 0 unspecified atom stereocenters. The number of carbonyl (C=O) groups excluding carboxylic acids is 2. The van der Waals surface area contributed by atoms with E-state index in [1.165, 1.54) is 17.2 Å². The van der Waals surface area contributed by atoms with Crippen molar-refractivity contribution < 1.29 is 23.9 Å². The monoisotopic (exact) mass is 358 g/mol. The maximum atomic E-state index is 12.7. The van der Waals surface area contributed by atoms with Gasteiger partial charge in [0.05, 0.1) is 6.26 Å². The SMILES string of the molecule is Cc1ccc(C(=O)N(CC(=O)O)CC(C)C)cc1NC(=O)c1ccco1. The van der Waals surface area contributed by atoms with Crippen molar-refractivity contribution in [3.8, 4) is 0 Å². The van der Waals surface area contributed by atoms with Gasteiger partial charge in [0.15, 0.2) is 5.76 Å². The van der Waals surface area contributed by atoms with Gasteiger partial charge in [-0.1, -0.05) is 19.9 Å². The van der Waals surface area contributed by atoms with E-state index in [0.717, 1.165) is 5.56 Å². The molecule has 2 rings (SSSR count). The lowest BCUT2D eigenvalue weighted by atomic mass is 10.1. The van der Waals surface area contributed by atoms with Gasteiger partial charge in [0.25, 0.3) is 11.8 Å². The summed E-state index contributed by atoms with van der Waals surface area (Å²) in [4.78, 5) is 37.2. The third kappa shape index (κ3) is 4.95. The number of carbonyl (C=O) groups is 3. The summed E-state index contributed by atoms with van der Waals surface area (Å²) >= 11 is 0. The number of carboxylic acid groups (broad SMARTS) is 1. The first kappa shape index (κ1) is 19.2. The molecule has 0 spiro atoms. The van der Waals surface area contributed by atoms with Gasteiger partial charge in [0, 0.05) is 17.8 Å². The van der Waals surface area contributed by atoms with Crippen LogP contribution in [0, 0.1) is 12.8 Å². The zero-order chi connectivity index (χ0) is 19.3. The van der Waals surface area contributed by atoms with Crippen LogP contribution in [-0.4, -0.2) is 40.9 Å². The first-order chi connectivity index (χ1) is 12.3. The molecular formula is C19H22N2O5. The van der Waals surface area contributed by atoms with Crippen LogP contribution in [0.2, 0.25) is 0 Å². The van der Waals surface area contributed by atoms with Crippen molar-refractivity contribution in [3.05, 3.63) is 53.5 Å². The minimum atomic E-state index is -1.07. The zero-order valence-corrected chi connectivity index (χ0v) is 15.0. The van der Waals surface area contributed by atoms with Crippen LogP contribution in [0.3, 0.4) is 0 Å². The number of amides is 2. The Morgan fingerprint density at radius 2 is 1.96 bits per heavy atom. The molecule has 26 heavy (non-hydrogen) atoms. The largest absolute Gasteiger partial charge is 0.480 e. The van der Waals surface area contributed by atoms with Gasteiger partial charge in [0.2, 0.25) is 0 Å². The van der Waals surface area contributed by atoms with Crippen LogP contribution in [0.5, 0.6) is 0 Å². The molecule has 0 aliphatic rings. The van der Waals surface area contributed by atoms with Crippen molar-refractivity contribution in [2.24, 2.45) is 5.92 Å². The Bertz CT molecular complexity index is 796. The van der Waals surface area contributed by atoms with E-state index in [0.29, 0.717) is 17.8 Å². The van der Waals surface area contributed by atoms with Gasteiger partial charge in [-0.2, -0.15) is 0 Å². The summed E-state index contributed by atoms with van der Waals surface area (Å²) < 4.78 is 5.06. The summed E-state index contributed by atoms with van der Waals surface area (Å²) in [6.07, 6.45) is 1.40. The van der Waals surface area contributed by atoms with E-state index in [-0.39, 0.29) is 18.2 Å². The third-order valence-corrected chi connectivity index (χ3v) is 3.68. The average Bonchev–Trinajstić information content (AvgIpc) is 3.09. The van der Waals surface area contributed by atoms with Crippen molar-refractivity contribution in [3.63, 3.8) is 0 Å². The number of hydrogen-bond acceptors (Lipinski definition) is 4. The van der Waals surface area contributed by atoms with Gasteiger partial charge in [-0.05, 0) is 42.7 Å². The number of rotatable bonds is 7. The lowest BCUT2D eigenvalue weighted by Crippen LogP contribution is -2.38. The molecule has 2 amide bonds. The minimum absolute atomic E-state index is 0.127. The van der Waals surface area contributed by atoms with E-state index in [1.54, 1.807) is 31.2 Å². The number of hydrogen-bond donors (Lipinski definition) is 2. The summed E-state index contributed by atoms with van der Waals surface area (Å²) in [6.45, 7) is 5.57. The van der Waals surface area contributed by atoms with Gasteiger partial charge in [-0.15, -0.1) is 0 Å². The van der Waals surface area contributed by atoms with Gasteiger partial charge in [0.1, 0.15) is 6.54 Å². The molecule has 0 fully saturated rings. The van der Waals surface area contributed by atoms with Crippen LogP contribution >= 0.6 is 0 Å². The smallest absolute Gasteiger partial charge is 0.323 e. The van der Waals surface area contributed by atoms with Crippen LogP contribution in [0.25, 0.3) is 0 Å². The Labute approximate surface area is 151 Å². The van der Waals surface area contributed by atoms with E-state index in [9.17, 15) is 14.4 Å². The number of benzene rings is 1. The Kier molecular flexibility index (Phi) is 6.16. The number of nitrogens with zero attached hydrogens (tertiary/aromatic N) is 1. The van der Waals surface area contributed by atoms with Crippen LogP contribution in [0.1, 0.15) is 40.3 Å². The number of aliphatic carboxylic acids is 1. The molecule has 1 aromatic heterocycles. The van der Waals surface area contributed by atoms with Crippen molar-refractivity contribution in [1.82, 2.24) is 4.90 Å². The van der Waals surface area contributed by atoms with Gasteiger partial charge >= 0.3 is 5.97 Å². The number of carboxylic acids is 1. The van der Waals surface area contributed by atoms with Crippen molar-refractivity contribution >= 4 is 23.5 Å². The molecule has 2 N–H and O–H groups in total. The lowest BCUT2D eigenvalue weighted by Gasteiger charge is -2.23. The van der Waals surface area contributed by atoms with Crippen molar-refractivity contribution in [2.45, 2.75) is 20.8 Å². The molecule has 7 heteroatoms. The third-order valence-electron chi connectivity index (χ3n) is 3.68. The fourth-order valence-electron chi connectivity index (χ4n) is 2.49. The molecule has 0 aliphatic carbocycles. The molecule has 0 aliphatic heterocycles. The van der Waals surface area contributed by atoms with Crippen LogP contribution in [0.4, 0.5) is 5.69 Å². The fraction of sp³-hybridized carbons (Fsp3) is 0.316. The Hall–Kier alpha value is -3.09. The molecule has 0 saturated heterocycles. The Morgan fingerprint density at radius 3 is 2.54 bits per heavy atom. The highest BCUT2D eigenvalue weighted by molar-refractivity contribution is 6.04. The topological polar surface area (TPSA) is 99.9 Å². The standard InChI is InChI=1S/C19H22N2O5/c1-12(2)10-21(11-17(22)23)19(25)14-7-6-13(3)15(9-14)20-18(24)16-5-4-8-26-16/h4-9,12H,10-11H2,1-3H3,(H,20,24)(H,22,23). The lowest BCUT2D eigenvalue weighted by molar-refractivity contribution is -0.137. The van der Waals surface area contributed by atoms with E-state index >= 15 is 0 Å². The molecule has 1 heterocycles. The second-order valence-electron chi connectivity index (χ2n) is 6.43. The number of nitrogens with one attached hydrogen (secondary N) is 1. The highest BCUT2D eigenvalue weighted by Gasteiger charge is 2.21. The van der Waals surface area contributed by atoms with Crippen LogP contribution in [-0.2, 0) is 4.79 Å². The highest BCUT2D eigenvalue weighted by atomic mass is 16.4. The van der Waals surface area contributed by atoms with Crippen molar-refractivity contribution in [1.29, 1.82) is 0 Å². The van der Waals surface area contributed by atoms with Crippen LogP contribution in [0.15, 0.2) is 41.0 Å². The second kappa shape index (κ2) is 8.33. The predicted octanol–water partition coefficient (Wildman–Crippen LogP) is 3.02. The van der Waals surface area contributed by atoms with Gasteiger partial charge < -0.3 is 19.7 Å². The average molecular weight is 358 g/mol. The normalized spacial score (nSPS) is 10.6. The summed E-state index contributed by atoms with van der Waals surface area (Å²) in [7, 11) is 0. The first-order valence-corrected chi connectivity index (χ1v) is 8.24. The summed E-state index contributed by atoms with van der Waals surface area (Å²) in [5, 5.41) is 11.8. The molecule has 1 aromatic carbocycles. The molecular weight excluding hydrogens is 336 g/mol. The summed E-state index contributed by atoms with van der Waals surface area (Å²) in [5.41, 5.74) is 1.56. The Morgan fingerprint density at radius 1 is 1.23 bits per heavy atom. The predicted molar refractivity (Wildman–Crippen MR) is 96.2 cm³/mol. The van der Waals surface area contributed by atoms with E-state index < -0.39 is 17.8 Å². The number of furan rings is 1. The number of aryl methyl sites for hydroxylation is 1. The molecule has 0 saturated carbocycles. The highest BCUT2D eigenvalue weighted by Crippen LogP contribution is 2.20. The van der Waals surface area contributed by atoms with Gasteiger partial charge in [-0.25, -0.2) is 0 Å². The van der Waals surface area contributed by atoms with Gasteiger partial charge in [-0.3, -0.25) is 14.4 Å². The zero-order valence-electron chi connectivity index (χ0n) is 15.0. The van der Waals surface area contributed by atoms with Crippen molar-refractivity contribution in [2.75, 3.05) is 18.4 Å². The Balaban J connectivity index is 2.24. The quantitative estimate of drug-likeness (QED) is 0.792. The molecule has 0 atom stereocenters. The molecule has 7 nitrogen and oxygen atoms in total. The van der Waals surface area contributed by atoms with E-state index in [1.807, 2.05) is 13.8 Å². The second-order valence-corrected chi connectivity index (χ2v) is 6.43. The molecule has 2 aromatic rings. The fourth-order valence-corrected chi connectivity index (χ4v) is 2.49. The van der Waals surface area contributed by atoms with Crippen LogP contribution < -0.4 is 5.32 Å². The minimum Gasteiger partial charge on any atom is -0.480 e. The summed E-state index contributed by atoms with van der Waals surface area (Å²) in [5.74, 6) is -1.60. The molecule has 0 radical (unpaired) electrons. The maximum absolute atomic E-state index is 12.7. The molecule has 138 valence electrons. The number of anilines is 1.